The first-order chi connectivity index (χ1) is 8.59. The Kier molecular flexibility index (Phi) is 17.5. The van der Waals surface area contributed by atoms with Gasteiger partial charge in [-0.2, -0.15) is 22.6 Å². The molecule has 0 aliphatic heterocycles. The second-order valence-electron chi connectivity index (χ2n) is 3.45. The van der Waals surface area contributed by atoms with E-state index in [1.54, 1.807) is 6.92 Å². The molecule has 4 nitrogen and oxygen atoms in total. The van der Waals surface area contributed by atoms with E-state index in [0.717, 1.165) is 15.0 Å². The molecule has 7 heteroatoms. The SMILES string of the molecule is CC.CC(c1[c-]c2ccccc2s1)N(O)C(N)=O.[CH3-].[K+].[Y]. The Labute approximate surface area is 198 Å². The Hall–Kier alpha value is 1.15. The number of fused-ring (bicyclic) bond motifs is 1. The quantitative estimate of drug-likeness (QED) is 0.337. The number of amides is 2. The Balaban J connectivity index is -0.000000621. The third-order valence-corrected chi connectivity index (χ3v) is 3.58. The molecule has 0 saturated carbocycles. The number of carbonyl (C=O) groups excluding carboxylic acids is 1. The maximum Gasteiger partial charge on any atom is 1.00 e. The number of rotatable bonds is 2. The predicted molar refractivity (Wildman–Crippen MR) is 80.0 cm³/mol. The number of carbonyl (C=O) groups is 1. The molecular formula is C14H20KN2O2SY-. The number of benzene rings is 1. The second-order valence-corrected chi connectivity index (χ2v) is 4.53. The summed E-state index contributed by atoms with van der Waals surface area (Å²) in [5, 5.41) is 10.9. The Bertz CT molecular complexity index is 503. The molecule has 0 fully saturated rings. The van der Waals surface area contributed by atoms with Crippen LogP contribution in [0.15, 0.2) is 24.3 Å². The summed E-state index contributed by atoms with van der Waals surface area (Å²) >= 11 is 1.49. The van der Waals surface area contributed by atoms with Crippen molar-refractivity contribution in [3.8, 4) is 0 Å². The van der Waals surface area contributed by atoms with Crippen molar-refractivity contribution in [1.82, 2.24) is 5.06 Å². The van der Waals surface area contributed by atoms with Crippen LogP contribution in [-0.2, 0) is 32.7 Å². The molecular weight excluding hydrogens is 388 g/mol. The zero-order valence-electron chi connectivity index (χ0n) is 13.3. The summed E-state index contributed by atoms with van der Waals surface area (Å²) in [4.78, 5) is 11.6. The standard InChI is InChI=1S/C11H11N2O2S.C2H6.CH3.K.Y/c1-7(13(15)11(12)14)10-6-8-4-2-3-5-9(8)16-10;1-2;;;/h2-5,7,15H,1H3,(H2,12,14);1-2H3;1H3;;/q-1;;-1;+1;. The first kappa shape index (κ1) is 27.0. The van der Waals surface area contributed by atoms with Gasteiger partial charge >= 0.3 is 57.4 Å². The van der Waals surface area contributed by atoms with Crippen LogP contribution in [-0.4, -0.2) is 16.3 Å². The van der Waals surface area contributed by atoms with Crippen LogP contribution >= 0.6 is 11.3 Å². The van der Waals surface area contributed by atoms with E-state index < -0.39 is 12.1 Å². The number of hydrogen-bond donors (Lipinski definition) is 2. The van der Waals surface area contributed by atoms with Gasteiger partial charge in [0, 0.05) is 32.7 Å². The average Bonchev–Trinajstić information content (AvgIpc) is 2.83. The van der Waals surface area contributed by atoms with Crippen LogP contribution in [0.2, 0.25) is 0 Å². The summed E-state index contributed by atoms with van der Waals surface area (Å²) in [5.41, 5.74) is 5.00. The van der Waals surface area contributed by atoms with E-state index in [2.05, 4.69) is 6.07 Å². The molecule has 0 spiro atoms. The van der Waals surface area contributed by atoms with Gasteiger partial charge in [0.05, 0.1) is 6.04 Å². The number of nitrogens with zero attached hydrogens (tertiary/aromatic N) is 1. The van der Waals surface area contributed by atoms with E-state index in [0.29, 0.717) is 5.06 Å². The molecule has 2 aromatic rings. The van der Waals surface area contributed by atoms with Crippen molar-refractivity contribution in [3.05, 3.63) is 42.6 Å². The van der Waals surface area contributed by atoms with Crippen molar-refractivity contribution in [2.45, 2.75) is 26.8 Å². The van der Waals surface area contributed by atoms with Gasteiger partial charge in [0.2, 0.25) is 0 Å². The van der Waals surface area contributed by atoms with Gasteiger partial charge in [0.15, 0.2) is 0 Å². The Morgan fingerprint density at radius 3 is 2.38 bits per heavy atom. The molecule has 1 atom stereocenters. The molecule has 2 amide bonds. The molecule has 1 aromatic heterocycles. The number of hydroxylamine groups is 2. The molecule has 3 N–H and O–H groups in total. The van der Waals surface area contributed by atoms with Gasteiger partial charge in [-0.05, 0) is 11.8 Å². The van der Waals surface area contributed by atoms with Crippen LogP contribution in [0.25, 0.3) is 10.1 Å². The smallest absolute Gasteiger partial charge is 0.358 e. The van der Waals surface area contributed by atoms with Crippen LogP contribution in [0.3, 0.4) is 0 Å². The molecule has 0 bridgehead atoms. The third-order valence-electron chi connectivity index (χ3n) is 2.34. The number of primary amides is 1. The van der Waals surface area contributed by atoms with Crippen LogP contribution in [0.4, 0.5) is 4.79 Å². The third kappa shape index (κ3) is 7.50. The van der Waals surface area contributed by atoms with Gasteiger partial charge in [-0.1, -0.05) is 24.6 Å². The van der Waals surface area contributed by atoms with Gasteiger partial charge in [-0.25, -0.2) is 16.1 Å². The van der Waals surface area contributed by atoms with Gasteiger partial charge < -0.3 is 13.2 Å². The number of urea groups is 1. The monoisotopic (exact) mass is 408 g/mol. The van der Waals surface area contributed by atoms with E-state index in [9.17, 15) is 10.0 Å². The minimum atomic E-state index is -0.863. The van der Waals surface area contributed by atoms with Gasteiger partial charge in [0.25, 0.3) is 0 Å². The molecule has 1 radical (unpaired) electrons. The molecule has 0 aliphatic rings. The molecule has 2 rings (SSSR count). The van der Waals surface area contributed by atoms with Gasteiger partial charge in [-0.15, -0.1) is 12.1 Å². The van der Waals surface area contributed by atoms with E-state index in [-0.39, 0.29) is 91.5 Å². The van der Waals surface area contributed by atoms with E-state index in [1.165, 1.54) is 11.3 Å². The van der Waals surface area contributed by atoms with Crippen molar-refractivity contribution in [2.24, 2.45) is 5.73 Å². The maximum absolute atomic E-state index is 10.8. The van der Waals surface area contributed by atoms with Crippen molar-refractivity contribution >= 4 is 27.5 Å². The first-order valence-electron chi connectivity index (χ1n) is 5.78. The number of hydrogen-bond acceptors (Lipinski definition) is 3. The Morgan fingerprint density at radius 2 is 1.90 bits per heavy atom. The summed E-state index contributed by atoms with van der Waals surface area (Å²) < 4.78 is 1.07. The normalized spacial score (nSPS) is 9.90. The fourth-order valence-corrected chi connectivity index (χ4v) is 2.47. The van der Waals surface area contributed by atoms with Crippen LogP contribution in [0.5, 0.6) is 0 Å². The second kappa shape index (κ2) is 13.6. The summed E-state index contributed by atoms with van der Waals surface area (Å²) in [6.45, 7) is 5.70. The molecule has 1 aromatic carbocycles. The number of nitrogens with two attached hydrogens (primary N) is 1. The minimum absolute atomic E-state index is 0. The summed E-state index contributed by atoms with van der Waals surface area (Å²) in [7, 11) is 0. The Morgan fingerprint density at radius 1 is 1.38 bits per heavy atom. The van der Waals surface area contributed by atoms with Crippen LogP contribution in [0.1, 0.15) is 31.7 Å². The fourth-order valence-electron chi connectivity index (χ4n) is 1.43. The summed E-state index contributed by atoms with van der Waals surface area (Å²) in [6.07, 6.45) is 0. The van der Waals surface area contributed by atoms with Crippen molar-refractivity contribution in [2.75, 3.05) is 0 Å². The average molecular weight is 408 g/mol. The molecule has 0 saturated heterocycles. The van der Waals surface area contributed by atoms with Crippen molar-refractivity contribution in [3.63, 3.8) is 0 Å². The van der Waals surface area contributed by atoms with Gasteiger partial charge in [-0.3, -0.25) is 5.21 Å². The zero-order valence-corrected chi connectivity index (χ0v) is 20.0. The van der Waals surface area contributed by atoms with E-state index in [1.807, 2.05) is 38.1 Å². The van der Waals surface area contributed by atoms with Crippen molar-refractivity contribution < 1.29 is 94.1 Å². The summed E-state index contributed by atoms with van der Waals surface area (Å²) in [6, 6.07) is 9.57. The van der Waals surface area contributed by atoms with Crippen LogP contribution < -0.4 is 57.1 Å². The molecule has 109 valence electrons. The molecule has 0 aliphatic carbocycles. The molecule has 1 heterocycles. The first-order valence-corrected chi connectivity index (χ1v) is 6.59. The van der Waals surface area contributed by atoms with E-state index >= 15 is 0 Å². The minimum Gasteiger partial charge on any atom is -0.358 e. The zero-order chi connectivity index (χ0) is 13.7. The van der Waals surface area contributed by atoms with Crippen LogP contribution in [0, 0.1) is 13.5 Å². The predicted octanol–water partition coefficient (Wildman–Crippen LogP) is 1.01. The fraction of sp³-hybridized carbons (Fsp3) is 0.286. The summed E-state index contributed by atoms with van der Waals surface area (Å²) in [5.74, 6) is 0. The molecule has 21 heavy (non-hydrogen) atoms. The largest absolute Gasteiger partial charge is 1.00 e. The molecule has 1 unspecified atom stereocenters. The number of thiophene rings is 1. The van der Waals surface area contributed by atoms with Crippen molar-refractivity contribution in [1.29, 1.82) is 0 Å². The van der Waals surface area contributed by atoms with Gasteiger partial charge in [0.1, 0.15) is 0 Å². The van der Waals surface area contributed by atoms with E-state index in [4.69, 9.17) is 5.73 Å². The topological polar surface area (TPSA) is 66.6 Å². The maximum atomic E-state index is 10.8.